The molecule has 0 radical (unpaired) electrons. The minimum absolute atomic E-state index is 0.0173. The van der Waals surface area contributed by atoms with E-state index in [4.69, 9.17) is 24.4 Å². The number of methoxy groups -OCH3 is 1. The number of aliphatic hydroxyl groups is 1. The van der Waals surface area contributed by atoms with Crippen molar-refractivity contribution >= 4 is 13.8 Å². The fourth-order valence-electron chi connectivity index (χ4n) is 2.65. The van der Waals surface area contributed by atoms with Crippen molar-refractivity contribution < 1.29 is 43.4 Å². The van der Waals surface area contributed by atoms with Gasteiger partial charge in [0, 0.05) is 25.4 Å². The van der Waals surface area contributed by atoms with Crippen LogP contribution in [0.3, 0.4) is 0 Å². The van der Waals surface area contributed by atoms with Gasteiger partial charge < -0.3 is 34.8 Å². The summed E-state index contributed by atoms with van der Waals surface area (Å²) in [5.74, 6) is -1.14. The Labute approximate surface area is 156 Å². The van der Waals surface area contributed by atoms with Crippen molar-refractivity contribution in [2.45, 2.75) is 31.1 Å². The second-order valence-electron chi connectivity index (χ2n) is 5.86. The number of ether oxygens (including phenoxy) is 2. The van der Waals surface area contributed by atoms with Crippen molar-refractivity contribution in [3.8, 4) is 0 Å². The summed E-state index contributed by atoms with van der Waals surface area (Å²) in [6.45, 7) is -1.26. The van der Waals surface area contributed by atoms with Crippen LogP contribution in [0, 0.1) is 0 Å². The highest BCUT2D eigenvalue weighted by molar-refractivity contribution is 7.46. The normalized spacial score (nSPS) is 25.1. The largest absolute Gasteiger partial charge is 0.480 e. The number of carboxylic acid groups (broad SMARTS) is 1. The highest BCUT2D eigenvalue weighted by Gasteiger charge is 2.46. The van der Waals surface area contributed by atoms with Gasteiger partial charge in [-0.3, -0.25) is 23.7 Å². The Kier molecular flexibility index (Phi) is 7.25. The topological polar surface area (TPSA) is 210 Å². The van der Waals surface area contributed by atoms with Crippen LogP contribution >= 0.6 is 7.82 Å². The molecule has 1 aromatic heterocycles. The van der Waals surface area contributed by atoms with Crippen LogP contribution < -0.4 is 16.6 Å². The first-order chi connectivity index (χ1) is 13.0. The van der Waals surface area contributed by atoms with Crippen molar-refractivity contribution in [2.75, 3.05) is 20.3 Å². The van der Waals surface area contributed by atoms with Gasteiger partial charge in [0.15, 0.2) is 6.23 Å². The number of aromatic amines is 1. The molecule has 1 aromatic rings. The van der Waals surface area contributed by atoms with Crippen molar-refractivity contribution in [3.05, 3.63) is 32.6 Å². The van der Waals surface area contributed by atoms with Gasteiger partial charge in [-0.2, -0.15) is 0 Å². The molecule has 6 N–H and O–H groups in total. The van der Waals surface area contributed by atoms with E-state index in [0.717, 1.165) is 10.8 Å². The molecular formula is C13H20N3O11P. The molecular weight excluding hydrogens is 405 g/mol. The van der Waals surface area contributed by atoms with Crippen molar-refractivity contribution in [1.82, 2.24) is 14.9 Å². The molecule has 4 atom stereocenters. The predicted molar refractivity (Wildman–Crippen MR) is 89.4 cm³/mol. The van der Waals surface area contributed by atoms with Gasteiger partial charge >= 0.3 is 19.5 Å². The number of aliphatic hydroxyl groups excluding tert-OH is 1. The number of aliphatic carboxylic acids is 1. The summed E-state index contributed by atoms with van der Waals surface area (Å²) in [4.78, 5) is 54.2. The van der Waals surface area contributed by atoms with Gasteiger partial charge in [-0.15, -0.1) is 0 Å². The molecule has 0 unspecified atom stereocenters. The van der Waals surface area contributed by atoms with Gasteiger partial charge in [0.05, 0.1) is 13.2 Å². The van der Waals surface area contributed by atoms with Crippen LogP contribution in [0.4, 0.5) is 0 Å². The first kappa shape index (κ1) is 22.4. The summed E-state index contributed by atoms with van der Waals surface area (Å²) >= 11 is 0. The Morgan fingerprint density at radius 1 is 1.43 bits per heavy atom. The van der Waals surface area contributed by atoms with E-state index >= 15 is 0 Å². The van der Waals surface area contributed by atoms with Crippen molar-refractivity contribution in [3.63, 3.8) is 0 Å². The SMILES string of the molecule is CO[C@@H]1[C@H](O)[C@@H](COP(=O)(O)O)O[C@H]1n1cc(CNCC(=O)O)c(=O)[nH]c1=O. The predicted octanol–water partition coefficient (Wildman–Crippen LogP) is -2.91. The number of carboxylic acids is 1. The molecule has 28 heavy (non-hydrogen) atoms. The summed E-state index contributed by atoms with van der Waals surface area (Å²) in [5.41, 5.74) is -1.61. The maximum atomic E-state index is 12.2. The van der Waals surface area contributed by atoms with Gasteiger partial charge in [-0.05, 0) is 0 Å². The third kappa shape index (κ3) is 5.56. The highest BCUT2D eigenvalue weighted by atomic mass is 31.2. The number of aromatic nitrogens is 2. The lowest BCUT2D eigenvalue weighted by molar-refractivity contribution is -0.136. The molecule has 1 aliphatic rings. The molecule has 0 saturated carbocycles. The summed E-state index contributed by atoms with van der Waals surface area (Å²) in [7, 11) is -3.59. The highest BCUT2D eigenvalue weighted by Crippen LogP contribution is 2.38. The minimum Gasteiger partial charge on any atom is -0.480 e. The van der Waals surface area contributed by atoms with E-state index in [-0.39, 0.29) is 12.1 Å². The zero-order valence-electron chi connectivity index (χ0n) is 14.5. The minimum atomic E-state index is -4.81. The van der Waals surface area contributed by atoms with Gasteiger partial charge in [-0.25, -0.2) is 9.36 Å². The lowest BCUT2D eigenvalue weighted by Crippen LogP contribution is -2.40. The molecule has 1 aliphatic heterocycles. The summed E-state index contributed by atoms with van der Waals surface area (Å²) in [6.07, 6.45) is -3.86. The van der Waals surface area contributed by atoms with Crippen LogP contribution in [0.2, 0.25) is 0 Å². The van der Waals surface area contributed by atoms with Gasteiger partial charge in [-0.1, -0.05) is 0 Å². The summed E-state index contributed by atoms with van der Waals surface area (Å²) in [6, 6.07) is 0. The molecule has 158 valence electrons. The molecule has 0 spiro atoms. The number of carbonyl (C=O) groups is 1. The third-order valence-electron chi connectivity index (χ3n) is 3.90. The number of hydrogen-bond acceptors (Lipinski definition) is 9. The van der Waals surface area contributed by atoms with Crippen LogP contribution in [0.5, 0.6) is 0 Å². The summed E-state index contributed by atoms with van der Waals surface area (Å²) in [5, 5.41) is 21.4. The Balaban J connectivity index is 2.26. The number of nitrogens with one attached hydrogen (secondary N) is 2. The fraction of sp³-hybridized carbons (Fsp3) is 0.615. The number of phosphoric ester groups is 1. The second-order valence-corrected chi connectivity index (χ2v) is 7.10. The van der Waals surface area contributed by atoms with Crippen LogP contribution in [0.25, 0.3) is 0 Å². The maximum absolute atomic E-state index is 12.2. The molecule has 2 rings (SSSR count). The van der Waals surface area contributed by atoms with Crippen LogP contribution in [0.1, 0.15) is 11.8 Å². The quantitative estimate of drug-likeness (QED) is 0.220. The first-order valence-corrected chi connectivity index (χ1v) is 9.39. The van der Waals surface area contributed by atoms with E-state index in [0.29, 0.717) is 0 Å². The van der Waals surface area contributed by atoms with Crippen LogP contribution in [-0.2, 0) is 29.9 Å². The average molecular weight is 425 g/mol. The van der Waals surface area contributed by atoms with E-state index < -0.39 is 62.7 Å². The molecule has 15 heteroatoms. The maximum Gasteiger partial charge on any atom is 0.469 e. The Bertz CT molecular complexity index is 862. The van der Waals surface area contributed by atoms with E-state index in [1.165, 1.54) is 7.11 Å². The molecule has 0 amide bonds. The molecule has 14 nitrogen and oxygen atoms in total. The zero-order valence-corrected chi connectivity index (χ0v) is 15.4. The molecule has 2 heterocycles. The van der Waals surface area contributed by atoms with Gasteiger partial charge in [0.1, 0.15) is 18.3 Å². The second kappa shape index (κ2) is 9.07. The molecule has 0 aromatic carbocycles. The van der Waals surface area contributed by atoms with Crippen LogP contribution in [0.15, 0.2) is 15.8 Å². The lowest BCUT2D eigenvalue weighted by Gasteiger charge is -2.20. The van der Waals surface area contributed by atoms with Gasteiger partial charge in [0.2, 0.25) is 0 Å². The number of rotatable bonds is 9. The Morgan fingerprint density at radius 2 is 2.11 bits per heavy atom. The van der Waals surface area contributed by atoms with Gasteiger partial charge in [0.25, 0.3) is 5.56 Å². The first-order valence-electron chi connectivity index (χ1n) is 7.86. The average Bonchev–Trinajstić information content (AvgIpc) is 2.89. The molecule has 0 bridgehead atoms. The van der Waals surface area contributed by atoms with Crippen molar-refractivity contribution in [2.24, 2.45) is 0 Å². The zero-order chi connectivity index (χ0) is 21.1. The Hall–Kier alpha value is -1.90. The van der Waals surface area contributed by atoms with Crippen LogP contribution in [-0.4, -0.2) is 74.1 Å². The monoisotopic (exact) mass is 425 g/mol. The lowest BCUT2D eigenvalue weighted by atomic mass is 10.1. The smallest absolute Gasteiger partial charge is 0.469 e. The number of hydrogen-bond donors (Lipinski definition) is 6. The standard InChI is InChI=1S/C13H20N3O11P/c1-25-10-9(19)7(5-26-28(22,23)24)27-12(10)16-4-6(2-14-3-8(17)18)11(20)15-13(16)21/h4,7,9-10,12,14,19H,2-3,5H2,1H3,(H,17,18)(H,15,20,21)(H2,22,23,24)/t7-,9-,10-,12-/m1/s1. The Morgan fingerprint density at radius 3 is 2.68 bits per heavy atom. The molecule has 1 saturated heterocycles. The van der Waals surface area contributed by atoms with E-state index in [9.17, 15) is 24.1 Å². The fourth-order valence-corrected chi connectivity index (χ4v) is 2.99. The summed E-state index contributed by atoms with van der Waals surface area (Å²) < 4.78 is 26.7. The van der Waals surface area contributed by atoms with Crippen molar-refractivity contribution in [1.29, 1.82) is 0 Å². The third-order valence-corrected chi connectivity index (χ3v) is 4.38. The van der Waals surface area contributed by atoms with E-state index in [1.54, 1.807) is 0 Å². The molecule has 1 fully saturated rings. The number of phosphoric acid groups is 1. The van der Waals surface area contributed by atoms with E-state index in [1.807, 2.05) is 4.98 Å². The number of H-pyrrole nitrogens is 1. The van der Waals surface area contributed by atoms with E-state index in [2.05, 4.69) is 9.84 Å². The molecule has 0 aliphatic carbocycles. The number of nitrogens with zero attached hydrogens (tertiary/aromatic N) is 1.